The first kappa shape index (κ1) is 21.5. The van der Waals surface area contributed by atoms with Crippen LogP contribution in [0.2, 0.25) is 0 Å². The molecule has 0 N–H and O–H groups in total. The van der Waals surface area contributed by atoms with Crippen LogP contribution in [-0.4, -0.2) is 51.5 Å². The Hall–Kier alpha value is -2.19. The SMILES string of the molecule is COC(=O)C1(C(=O)OC)CC2C=CC(C)N(S(=O)(=O)c3ccc(C)cc3)CC2C1. The van der Waals surface area contributed by atoms with E-state index >= 15 is 0 Å². The largest absolute Gasteiger partial charge is 0.468 e. The lowest BCUT2D eigenvalue weighted by Crippen LogP contribution is -2.42. The molecule has 3 unspecified atom stereocenters. The minimum Gasteiger partial charge on any atom is -0.468 e. The lowest BCUT2D eigenvalue weighted by atomic mass is 9.84. The fourth-order valence-electron chi connectivity index (χ4n) is 4.44. The van der Waals surface area contributed by atoms with Gasteiger partial charge in [-0.2, -0.15) is 4.31 Å². The number of ether oxygens (including phenoxy) is 2. The van der Waals surface area contributed by atoms with Crippen molar-refractivity contribution < 1.29 is 27.5 Å². The first-order chi connectivity index (χ1) is 13.7. The van der Waals surface area contributed by atoms with Crippen molar-refractivity contribution in [2.45, 2.75) is 37.6 Å². The van der Waals surface area contributed by atoms with Crippen LogP contribution < -0.4 is 0 Å². The molecule has 1 aliphatic carbocycles. The monoisotopic (exact) mass is 421 g/mol. The van der Waals surface area contributed by atoms with Gasteiger partial charge in [0.15, 0.2) is 5.41 Å². The van der Waals surface area contributed by atoms with Crippen molar-refractivity contribution in [3.8, 4) is 0 Å². The summed E-state index contributed by atoms with van der Waals surface area (Å²) in [6.45, 7) is 3.94. The summed E-state index contributed by atoms with van der Waals surface area (Å²) in [6, 6.07) is 6.40. The predicted octanol–water partition coefficient (Wildman–Crippen LogP) is 2.30. The first-order valence-corrected chi connectivity index (χ1v) is 11.0. The highest BCUT2D eigenvalue weighted by Crippen LogP contribution is 2.49. The van der Waals surface area contributed by atoms with Gasteiger partial charge in [0, 0.05) is 12.6 Å². The first-order valence-electron chi connectivity index (χ1n) is 9.59. The van der Waals surface area contributed by atoms with Crippen LogP contribution in [0.25, 0.3) is 0 Å². The van der Waals surface area contributed by atoms with Crippen molar-refractivity contribution in [2.24, 2.45) is 17.3 Å². The smallest absolute Gasteiger partial charge is 0.323 e. The minimum absolute atomic E-state index is 0.117. The Morgan fingerprint density at radius 2 is 1.62 bits per heavy atom. The highest BCUT2D eigenvalue weighted by Gasteiger charge is 2.57. The van der Waals surface area contributed by atoms with Crippen LogP contribution in [0.5, 0.6) is 0 Å². The number of carbonyl (C=O) groups excluding carboxylic acids is 2. The molecule has 1 aliphatic heterocycles. The van der Waals surface area contributed by atoms with Gasteiger partial charge in [0.05, 0.1) is 19.1 Å². The second kappa shape index (κ2) is 7.91. The van der Waals surface area contributed by atoms with E-state index in [0.29, 0.717) is 0 Å². The zero-order valence-corrected chi connectivity index (χ0v) is 17.9. The fraction of sp³-hybridized carbons (Fsp3) is 0.524. The van der Waals surface area contributed by atoms with Crippen LogP contribution >= 0.6 is 0 Å². The lowest BCUT2D eigenvalue weighted by Gasteiger charge is -2.29. The topological polar surface area (TPSA) is 90.0 Å². The maximum absolute atomic E-state index is 13.3. The molecular formula is C21H27NO6S. The van der Waals surface area contributed by atoms with Crippen molar-refractivity contribution in [1.82, 2.24) is 4.31 Å². The molecule has 3 rings (SSSR count). The molecule has 0 amide bonds. The van der Waals surface area contributed by atoms with Crippen molar-refractivity contribution in [2.75, 3.05) is 20.8 Å². The van der Waals surface area contributed by atoms with Crippen molar-refractivity contribution in [3.05, 3.63) is 42.0 Å². The van der Waals surface area contributed by atoms with E-state index in [1.807, 2.05) is 26.0 Å². The summed E-state index contributed by atoms with van der Waals surface area (Å²) in [6.07, 6.45) is 4.20. The zero-order valence-electron chi connectivity index (χ0n) is 17.1. The van der Waals surface area contributed by atoms with E-state index in [1.165, 1.54) is 18.5 Å². The summed E-state index contributed by atoms with van der Waals surface area (Å²) in [5.41, 5.74) is -0.423. The van der Waals surface area contributed by atoms with E-state index in [9.17, 15) is 18.0 Å². The molecule has 1 heterocycles. The van der Waals surface area contributed by atoms with Crippen LogP contribution in [0.15, 0.2) is 41.3 Å². The number of esters is 2. The number of methoxy groups -OCH3 is 2. The van der Waals surface area contributed by atoms with E-state index in [4.69, 9.17) is 9.47 Å². The highest BCUT2D eigenvalue weighted by atomic mass is 32.2. The average molecular weight is 422 g/mol. The number of fused-ring (bicyclic) bond motifs is 1. The Labute approximate surface area is 171 Å². The number of carbonyl (C=O) groups is 2. The maximum atomic E-state index is 13.3. The van der Waals surface area contributed by atoms with Crippen LogP contribution in [0.4, 0.5) is 0 Å². The van der Waals surface area contributed by atoms with Crippen molar-refractivity contribution in [3.63, 3.8) is 0 Å². The van der Waals surface area contributed by atoms with Gasteiger partial charge in [-0.1, -0.05) is 29.8 Å². The minimum atomic E-state index is -3.73. The summed E-state index contributed by atoms with van der Waals surface area (Å²) in [5.74, 6) is -1.58. The molecule has 29 heavy (non-hydrogen) atoms. The third kappa shape index (κ3) is 3.71. The average Bonchev–Trinajstić information content (AvgIpc) is 3.01. The quantitative estimate of drug-likeness (QED) is 0.421. The third-order valence-electron chi connectivity index (χ3n) is 6.09. The summed E-state index contributed by atoms with van der Waals surface area (Å²) in [5, 5.41) is 0. The lowest BCUT2D eigenvalue weighted by molar-refractivity contribution is -0.169. The number of sulfonamides is 1. The summed E-state index contributed by atoms with van der Waals surface area (Å²) >= 11 is 0. The summed E-state index contributed by atoms with van der Waals surface area (Å²) in [4.78, 5) is 25.2. The molecule has 0 bridgehead atoms. The van der Waals surface area contributed by atoms with E-state index in [-0.39, 0.29) is 42.2 Å². The van der Waals surface area contributed by atoms with Gasteiger partial charge in [-0.15, -0.1) is 0 Å². The maximum Gasteiger partial charge on any atom is 0.323 e. The molecule has 1 fully saturated rings. The molecule has 1 aromatic carbocycles. The molecule has 8 heteroatoms. The third-order valence-corrected chi connectivity index (χ3v) is 8.05. The van der Waals surface area contributed by atoms with Crippen LogP contribution in [0.1, 0.15) is 25.3 Å². The van der Waals surface area contributed by atoms with Gasteiger partial charge in [-0.3, -0.25) is 9.59 Å². The number of benzene rings is 1. The van der Waals surface area contributed by atoms with Gasteiger partial charge in [0.1, 0.15) is 0 Å². The van der Waals surface area contributed by atoms with Gasteiger partial charge >= 0.3 is 11.9 Å². The van der Waals surface area contributed by atoms with Gasteiger partial charge in [0.2, 0.25) is 10.0 Å². The molecule has 3 atom stereocenters. The Morgan fingerprint density at radius 1 is 1.03 bits per heavy atom. The van der Waals surface area contributed by atoms with Gasteiger partial charge in [-0.05, 0) is 50.7 Å². The standard InChI is InChI=1S/C21H27NO6S/c1-14-5-9-18(10-6-14)29(25,26)22-13-17-12-21(19(23)27-3,20(24)28-4)11-16(17)8-7-15(22)2/h5-10,15-17H,11-13H2,1-4H3. The van der Waals surface area contributed by atoms with Crippen molar-refractivity contribution >= 4 is 22.0 Å². The Morgan fingerprint density at radius 3 is 2.17 bits per heavy atom. The normalized spacial score (nSPS) is 26.4. The highest BCUT2D eigenvalue weighted by molar-refractivity contribution is 7.89. The van der Waals surface area contributed by atoms with Gasteiger partial charge in [-0.25, -0.2) is 8.42 Å². The molecular weight excluding hydrogens is 394 g/mol. The zero-order chi connectivity index (χ0) is 21.4. The number of hydrogen-bond acceptors (Lipinski definition) is 6. The Bertz CT molecular complexity index is 905. The number of aryl methyl sites for hydroxylation is 1. The summed E-state index contributed by atoms with van der Waals surface area (Å²) in [7, 11) is -1.24. The molecule has 0 saturated heterocycles. The summed E-state index contributed by atoms with van der Waals surface area (Å²) < 4.78 is 37.8. The van der Waals surface area contributed by atoms with Crippen LogP contribution in [-0.2, 0) is 29.1 Å². The Kier molecular flexibility index (Phi) is 5.87. The van der Waals surface area contributed by atoms with Crippen LogP contribution in [0, 0.1) is 24.2 Å². The molecule has 2 aliphatic rings. The van der Waals surface area contributed by atoms with E-state index < -0.39 is 27.4 Å². The molecule has 158 valence electrons. The Balaban J connectivity index is 1.95. The van der Waals surface area contributed by atoms with Gasteiger partial charge in [0.25, 0.3) is 0 Å². The van der Waals surface area contributed by atoms with Crippen LogP contribution in [0.3, 0.4) is 0 Å². The van der Waals surface area contributed by atoms with Crippen molar-refractivity contribution in [1.29, 1.82) is 0 Å². The molecule has 0 radical (unpaired) electrons. The van der Waals surface area contributed by atoms with E-state index in [2.05, 4.69) is 0 Å². The van der Waals surface area contributed by atoms with E-state index in [1.54, 1.807) is 24.3 Å². The van der Waals surface area contributed by atoms with Gasteiger partial charge < -0.3 is 9.47 Å². The molecule has 0 spiro atoms. The van der Waals surface area contributed by atoms with E-state index in [0.717, 1.165) is 5.56 Å². The second-order valence-electron chi connectivity index (χ2n) is 7.91. The number of hydrogen-bond donors (Lipinski definition) is 0. The molecule has 1 aromatic rings. The molecule has 1 saturated carbocycles. The predicted molar refractivity (Wildman–Crippen MR) is 106 cm³/mol. The fourth-order valence-corrected chi connectivity index (χ4v) is 6.09. The number of allylic oxidation sites excluding steroid dienone is 1. The molecule has 0 aromatic heterocycles. The second-order valence-corrected chi connectivity index (χ2v) is 9.80. The number of rotatable bonds is 4. The molecule has 7 nitrogen and oxygen atoms in total. The number of nitrogens with zero attached hydrogens (tertiary/aromatic N) is 1.